The van der Waals surface area contributed by atoms with E-state index in [2.05, 4.69) is 17.0 Å². The summed E-state index contributed by atoms with van der Waals surface area (Å²) in [4.78, 5) is 34.3. The SMILES string of the molecule is Cc1cc(N2CC(C(=O)O)Cc3ccccc32)c2nc(N3Cc4ccccc4C3)cc(=O)n2c1. The summed E-state index contributed by atoms with van der Waals surface area (Å²) < 4.78 is 1.57. The van der Waals surface area contributed by atoms with E-state index in [1.54, 1.807) is 16.7 Å². The maximum Gasteiger partial charge on any atom is 0.308 e. The van der Waals surface area contributed by atoms with E-state index < -0.39 is 11.9 Å². The summed E-state index contributed by atoms with van der Waals surface area (Å²) in [6, 6.07) is 19.7. The maximum absolute atomic E-state index is 13.2. The fraction of sp³-hybridized carbons (Fsp3) is 0.222. The van der Waals surface area contributed by atoms with Crippen LogP contribution in [-0.2, 0) is 24.3 Å². The zero-order chi connectivity index (χ0) is 23.4. The number of anilines is 3. The fourth-order valence-electron chi connectivity index (χ4n) is 5.15. The normalized spacial score (nSPS) is 17.0. The Morgan fingerprint density at radius 2 is 1.65 bits per heavy atom. The molecule has 2 aliphatic rings. The van der Waals surface area contributed by atoms with Crippen molar-refractivity contribution in [3.8, 4) is 0 Å². The zero-order valence-corrected chi connectivity index (χ0v) is 18.8. The van der Waals surface area contributed by atoms with Crippen molar-refractivity contribution < 1.29 is 9.90 Å². The van der Waals surface area contributed by atoms with Crippen molar-refractivity contribution in [2.45, 2.75) is 26.4 Å². The van der Waals surface area contributed by atoms with Crippen LogP contribution in [0.3, 0.4) is 0 Å². The highest BCUT2D eigenvalue weighted by molar-refractivity contribution is 5.82. The lowest BCUT2D eigenvalue weighted by molar-refractivity contribution is -0.141. The Morgan fingerprint density at radius 1 is 0.971 bits per heavy atom. The van der Waals surface area contributed by atoms with Crippen LogP contribution in [0.15, 0.2) is 71.7 Å². The number of aryl methyl sites for hydroxylation is 1. The minimum atomic E-state index is -0.822. The summed E-state index contributed by atoms with van der Waals surface area (Å²) in [6.07, 6.45) is 2.28. The molecule has 0 fully saturated rings. The summed E-state index contributed by atoms with van der Waals surface area (Å²) in [5.74, 6) is -0.734. The molecular weight excluding hydrogens is 428 g/mol. The van der Waals surface area contributed by atoms with E-state index in [0.29, 0.717) is 37.5 Å². The monoisotopic (exact) mass is 452 g/mol. The van der Waals surface area contributed by atoms with E-state index in [1.165, 1.54) is 11.1 Å². The van der Waals surface area contributed by atoms with Crippen molar-refractivity contribution in [1.29, 1.82) is 0 Å². The first kappa shape index (κ1) is 20.5. The molecule has 1 N–H and O–H groups in total. The van der Waals surface area contributed by atoms with Gasteiger partial charge in [0.1, 0.15) is 5.82 Å². The molecule has 2 aromatic heterocycles. The highest BCUT2D eigenvalue weighted by atomic mass is 16.4. The van der Waals surface area contributed by atoms with Crippen LogP contribution < -0.4 is 15.4 Å². The third-order valence-electron chi connectivity index (χ3n) is 6.82. The molecule has 7 heteroatoms. The molecule has 0 radical (unpaired) electrons. The van der Waals surface area contributed by atoms with Gasteiger partial charge in [0.15, 0.2) is 5.65 Å². The molecule has 0 spiro atoms. The van der Waals surface area contributed by atoms with Crippen LogP contribution in [0.2, 0.25) is 0 Å². The molecule has 4 heterocycles. The molecule has 0 aliphatic carbocycles. The van der Waals surface area contributed by atoms with Gasteiger partial charge in [-0.25, -0.2) is 4.98 Å². The largest absolute Gasteiger partial charge is 0.481 e. The number of carbonyl (C=O) groups is 1. The number of aliphatic carboxylic acids is 1. The van der Waals surface area contributed by atoms with Crippen LogP contribution in [0, 0.1) is 12.8 Å². The van der Waals surface area contributed by atoms with Gasteiger partial charge in [-0.2, -0.15) is 0 Å². The van der Waals surface area contributed by atoms with E-state index >= 15 is 0 Å². The summed E-state index contributed by atoms with van der Waals surface area (Å²) in [7, 11) is 0. The molecule has 0 saturated carbocycles. The van der Waals surface area contributed by atoms with E-state index in [-0.39, 0.29) is 5.56 Å². The Labute approximate surface area is 196 Å². The molecule has 2 aliphatic heterocycles. The summed E-state index contributed by atoms with van der Waals surface area (Å²) in [6.45, 7) is 3.66. The second-order valence-corrected chi connectivity index (χ2v) is 9.15. The Bertz CT molecular complexity index is 1480. The number of carboxylic acid groups (broad SMARTS) is 1. The van der Waals surface area contributed by atoms with Gasteiger partial charge in [-0.15, -0.1) is 0 Å². The molecule has 1 unspecified atom stereocenters. The molecule has 7 nitrogen and oxygen atoms in total. The minimum absolute atomic E-state index is 0.152. The number of rotatable bonds is 3. The number of para-hydroxylation sites is 1. The highest BCUT2D eigenvalue weighted by Gasteiger charge is 2.31. The van der Waals surface area contributed by atoms with Crippen molar-refractivity contribution in [2.24, 2.45) is 5.92 Å². The summed E-state index contributed by atoms with van der Waals surface area (Å²) >= 11 is 0. The number of hydrogen-bond donors (Lipinski definition) is 1. The third-order valence-corrected chi connectivity index (χ3v) is 6.82. The number of aromatic nitrogens is 2. The first-order valence-electron chi connectivity index (χ1n) is 11.4. The molecular formula is C27H24N4O3. The van der Waals surface area contributed by atoms with Gasteiger partial charge < -0.3 is 14.9 Å². The average molecular weight is 453 g/mol. The van der Waals surface area contributed by atoms with Crippen molar-refractivity contribution in [1.82, 2.24) is 9.38 Å². The van der Waals surface area contributed by atoms with E-state index in [9.17, 15) is 14.7 Å². The van der Waals surface area contributed by atoms with E-state index in [0.717, 1.165) is 22.5 Å². The van der Waals surface area contributed by atoms with Crippen molar-refractivity contribution in [2.75, 3.05) is 16.3 Å². The van der Waals surface area contributed by atoms with Crippen molar-refractivity contribution >= 4 is 28.8 Å². The number of nitrogens with zero attached hydrogens (tertiary/aromatic N) is 4. The van der Waals surface area contributed by atoms with E-state index in [1.807, 2.05) is 54.3 Å². The molecule has 2 aromatic carbocycles. The Morgan fingerprint density at radius 3 is 2.35 bits per heavy atom. The minimum Gasteiger partial charge on any atom is -0.481 e. The predicted octanol–water partition coefficient (Wildman–Crippen LogP) is 3.92. The van der Waals surface area contributed by atoms with Gasteiger partial charge in [0.2, 0.25) is 0 Å². The summed E-state index contributed by atoms with van der Waals surface area (Å²) in [5.41, 5.74) is 6.45. The highest BCUT2D eigenvalue weighted by Crippen LogP contribution is 2.38. The zero-order valence-electron chi connectivity index (χ0n) is 18.8. The number of hydrogen-bond acceptors (Lipinski definition) is 5. The van der Waals surface area contributed by atoms with Gasteiger partial charge in [-0.1, -0.05) is 42.5 Å². The van der Waals surface area contributed by atoms with Crippen LogP contribution in [0.4, 0.5) is 17.2 Å². The quantitative estimate of drug-likeness (QED) is 0.508. The smallest absolute Gasteiger partial charge is 0.308 e. The van der Waals surface area contributed by atoms with Crippen molar-refractivity contribution in [3.63, 3.8) is 0 Å². The molecule has 6 rings (SSSR count). The number of fused-ring (bicyclic) bond motifs is 3. The Hall–Kier alpha value is -4.13. The van der Waals surface area contributed by atoms with Gasteiger partial charge in [-0.3, -0.25) is 14.0 Å². The fourth-order valence-corrected chi connectivity index (χ4v) is 5.15. The van der Waals surface area contributed by atoms with Gasteiger partial charge in [0.05, 0.1) is 11.6 Å². The standard InChI is InChI=1S/C27H24N4O3/c1-17-10-23(30-16-21(27(33)34)11-18-6-4-5-9-22(18)30)26-28-24(12-25(32)31(26)13-17)29-14-19-7-2-3-8-20(19)15-29/h2-10,12-13,21H,11,14-16H2,1H3,(H,33,34). The average Bonchev–Trinajstić information content (AvgIpc) is 3.28. The van der Waals surface area contributed by atoms with Gasteiger partial charge in [0, 0.05) is 37.6 Å². The number of benzene rings is 2. The third kappa shape index (κ3) is 3.32. The number of carboxylic acids is 1. The molecule has 4 aromatic rings. The van der Waals surface area contributed by atoms with Gasteiger partial charge in [0.25, 0.3) is 5.56 Å². The predicted molar refractivity (Wildman–Crippen MR) is 131 cm³/mol. The topological polar surface area (TPSA) is 78.2 Å². The number of pyridine rings is 1. The van der Waals surface area contributed by atoms with Crippen molar-refractivity contribution in [3.05, 3.63) is 99.5 Å². The van der Waals surface area contributed by atoms with Gasteiger partial charge in [-0.05, 0) is 47.7 Å². The second kappa shape index (κ2) is 7.73. The van der Waals surface area contributed by atoms with Crippen LogP contribution >= 0.6 is 0 Å². The van der Waals surface area contributed by atoms with Crippen LogP contribution in [0.1, 0.15) is 22.3 Å². The van der Waals surface area contributed by atoms with Gasteiger partial charge >= 0.3 is 5.97 Å². The first-order valence-corrected chi connectivity index (χ1v) is 11.4. The first-order chi connectivity index (χ1) is 16.5. The van der Waals surface area contributed by atoms with Crippen LogP contribution in [0.25, 0.3) is 5.65 Å². The summed E-state index contributed by atoms with van der Waals surface area (Å²) in [5, 5.41) is 9.81. The molecule has 0 amide bonds. The molecule has 0 saturated heterocycles. The maximum atomic E-state index is 13.2. The molecule has 1 atom stereocenters. The lowest BCUT2D eigenvalue weighted by atomic mass is 9.92. The second-order valence-electron chi connectivity index (χ2n) is 9.15. The van der Waals surface area contributed by atoms with Crippen LogP contribution in [0.5, 0.6) is 0 Å². The molecule has 34 heavy (non-hydrogen) atoms. The Kier molecular flexibility index (Phi) is 4.65. The van der Waals surface area contributed by atoms with E-state index in [4.69, 9.17) is 4.98 Å². The lowest BCUT2D eigenvalue weighted by Crippen LogP contribution is -2.36. The van der Waals surface area contributed by atoms with Crippen LogP contribution in [-0.4, -0.2) is 27.0 Å². The molecule has 0 bridgehead atoms. The Balaban J connectivity index is 1.52. The lowest BCUT2D eigenvalue weighted by Gasteiger charge is -2.35. The molecule has 170 valence electrons.